The third kappa shape index (κ3) is 5.43. The Labute approximate surface area is 180 Å². The molecule has 0 aliphatic carbocycles. The first-order chi connectivity index (χ1) is 14.2. The summed E-state index contributed by atoms with van der Waals surface area (Å²) in [7, 11) is -2.60. The molecule has 0 aromatic heterocycles. The lowest BCUT2D eigenvalue weighted by Crippen LogP contribution is -2.36. The average molecular weight is 441 g/mol. The highest BCUT2D eigenvalue weighted by Gasteiger charge is 2.42. The van der Waals surface area contributed by atoms with Gasteiger partial charge in [0, 0.05) is 31.0 Å². The highest BCUT2D eigenvalue weighted by Crippen LogP contribution is 2.40. The molecule has 8 heteroatoms. The molecule has 30 heavy (non-hydrogen) atoms. The standard InChI is InChI=1S/C22H36N2O5S/c1-22(2)7-6-17(28-15-22)14-20(25)23-30(27)10-3-8-24(9-11-30)21(26)13-16-12-18-4-5-19(16)29-18/h16-19H,3-15H2,1-2H3. The lowest BCUT2D eigenvalue weighted by atomic mass is 9.85. The monoisotopic (exact) mass is 440 g/mol. The molecule has 0 aromatic rings. The molecule has 0 aromatic carbocycles. The lowest BCUT2D eigenvalue weighted by Gasteiger charge is -2.34. The average Bonchev–Trinajstić information content (AvgIpc) is 3.23. The van der Waals surface area contributed by atoms with Gasteiger partial charge < -0.3 is 14.4 Å². The summed E-state index contributed by atoms with van der Waals surface area (Å²) in [5.41, 5.74) is 0.156. The summed E-state index contributed by atoms with van der Waals surface area (Å²) in [6.07, 6.45) is 6.87. The zero-order chi connectivity index (χ0) is 21.4. The van der Waals surface area contributed by atoms with E-state index in [2.05, 4.69) is 18.2 Å². The van der Waals surface area contributed by atoms with Gasteiger partial charge in [0.2, 0.25) is 5.91 Å². The number of nitrogens with zero attached hydrogens (tertiary/aromatic N) is 2. The molecule has 170 valence electrons. The summed E-state index contributed by atoms with van der Waals surface area (Å²) in [4.78, 5) is 27.1. The van der Waals surface area contributed by atoms with Crippen molar-refractivity contribution in [3.8, 4) is 0 Å². The molecule has 5 unspecified atom stereocenters. The van der Waals surface area contributed by atoms with Gasteiger partial charge in [-0.1, -0.05) is 13.8 Å². The predicted octanol–water partition coefficient (Wildman–Crippen LogP) is 2.77. The molecular weight excluding hydrogens is 404 g/mol. The molecule has 0 N–H and O–H groups in total. The molecule has 4 aliphatic heterocycles. The van der Waals surface area contributed by atoms with Crippen LogP contribution in [-0.2, 0) is 28.8 Å². The Kier molecular flexibility index (Phi) is 6.56. The van der Waals surface area contributed by atoms with Crippen molar-refractivity contribution in [3.05, 3.63) is 0 Å². The SMILES string of the molecule is CC1(C)CCC(CC(=O)N=S2(=O)CCCN(C(=O)CC3CC4CCC3O4)CC2)OC1. The smallest absolute Gasteiger partial charge is 0.256 e. The molecule has 4 aliphatic rings. The second-order valence-electron chi connectivity index (χ2n) is 10.3. The van der Waals surface area contributed by atoms with Crippen LogP contribution in [0.2, 0.25) is 0 Å². The number of rotatable bonds is 4. The van der Waals surface area contributed by atoms with E-state index in [1.807, 2.05) is 4.90 Å². The zero-order valence-corrected chi connectivity index (χ0v) is 19.2. The van der Waals surface area contributed by atoms with E-state index in [1.165, 1.54) is 0 Å². The largest absolute Gasteiger partial charge is 0.377 e. The van der Waals surface area contributed by atoms with E-state index in [1.54, 1.807) is 0 Å². The second-order valence-corrected chi connectivity index (χ2v) is 12.9. The predicted molar refractivity (Wildman–Crippen MR) is 114 cm³/mol. The minimum Gasteiger partial charge on any atom is -0.377 e. The first-order valence-electron chi connectivity index (χ1n) is 11.5. The van der Waals surface area contributed by atoms with Crippen molar-refractivity contribution in [2.24, 2.45) is 15.7 Å². The van der Waals surface area contributed by atoms with E-state index in [0.29, 0.717) is 50.3 Å². The minimum atomic E-state index is -2.60. The van der Waals surface area contributed by atoms with E-state index in [4.69, 9.17) is 9.47 Å². The van der Waals surface area contributed by atoms with Gasteiger partial charge in [-0.25, -0.2) is 4.21 Å². The van der Waals surface area contributed by atoms with Crippen molar-refractivity contribution in [2.75, 3.05) is 31.2 Å². The Balaban J connectivity index is 1.28. The van der Waals surface area contributed by atoms with Crippen molar-refractivity contribution >= 4 is 21.5 Å². The zero-order valence-electron chi connectivity index (χ0n) is 18.3. The number of ether oxygens (including phenoxy) is 2. The van der Waals surface area contributed by atoms with E-state index in [9.17, 15) is 13.8 Å². The van der Waals surface area contributed by atoms with Crippen molar-refractivity contribution in [1.29, 1.82) is 0 Å². The molecule has 2 bridgehead atoms. The highest BCUT2D eigenvalue weighted by molar-refractivity contribution is 7.93. The van der Waals surface area contributed by atoms with E-state index < -0.39 is 9.73 Å². The van der Waals surface area contributed by atoms with Crippen molar-refractivity contribution in [3.63, 3.8) is 0 Å². The van der Waals surface area contributed by atoms with Crippen LogP contribution in [0.1, 0.15) is 65.2 Å². The van der Waals surface area contributed by atoms with Gasteiger partial charge in [0.1, 0.15) is 0 Å². The van der Waals surface area contributed by atoms with Crippen LogP contribution in [-0.4, -0.2) is 70.4 Å². The van der Waals surface area contributed by atoms with Crippen molar-refractivity contribution in [1.82, 2.24) is 4.90 Å². The summed E-state index contributed by atoms with van der Waals surface area (Å²) in [5.74, 6) is 0.817. The summed E-state index contributed by atoms with van der Waals surface area (Å²) < 4.78 is 29.0. The van der Waals surface area contributed by atoms with Crippen molar-refractivity contribution < 1.29 is 23.3 Å². The number of hydrogen-bond acceptors (Lipinski definition) is 5. The second kappa shape index (κ2) is 8.87. The lowest BCUT2D eigenvalue weighted by molar-refractivity contribution is -0.132. The van der Waals surface area contributed by atoms with Gasteiger partial charge >= 0.3 is 0 Å². The van der Waals surface area contributed by atoms with Crippen LogP contribution in [0, 0.1) is 11.3 Å². The minimum absolute atomic E-state index is 0.120. The summed E-state index contributed by atoms with van der Waals surface area (Å²) in [5, 5.41) is 0. The normalized spacial score (nSPS) is 38.3. The fourth-order valence-corrected chi connectivity index (χ4v) is 7.15. The maximum Gasteiger partial charge on any atom is 0.256 e. The summed E-state index contributed by atoms with van der Waals surface area (Å²) >= 11 is 0. The maximum atomic E-state index is 13.2. The van der Waals surface area contributed by atoms with Crippen LogP contribution in [0.25, 0.3) is 0 Å². The number of carbonyl (C=O) groups excluding carboxylic acids is 2. The van der Waals surface area contributed by atoms with E-state index in [-0.39, 0.29) is 41.6 Å². The molecule has 4 fully saturated rings. The molecule has 7 nitrogen and oxygen atoms in total. The Morgan fingerprint density at radius 3 is 2.63 bits per heavy atom. The molecule has 0 spiro atoms. The highest BCUT2D eigenvalue weighted by atomic mass is 32.2. The molecule has 0 saturated carbocycles. The van der Waals surface area contributed by atoms with Crippen LogP contribution < -0.4 is 0 Å². The van der Waals surface area contributed by atoms with Gasteiger partial charge in [-0.3, -0.25) is 9.59 Å². The third-order valence-corrected chi connectivity index (χ3v) is 9.40. The maximum absolute atomic E-state index is 13.2. The first-order valence-corrected chi connectivity index (χ1v) is 13.4. The molecule has 2 amide bonds. The van der Waals surface area contributed by atoms with Gasteiger partial charge in [0.05, 0.1) is 41.1 Å². The fraction of sp³-hybridized carbons (Fsp3) is 0.909. The number of fused-ring (bicyclic) bond motifs is 2. The van der Waals surface area contributed by atoms with Crippen LogP contribution >= 0.6 is 0 Å². The fourth-order valence-electron chi connectivity index (χ4n) is 5.23. The summed E-state index contributed by atoms with van der Waals surface area (Å²) in [6.45, 7) is 5.99. The van der Waals surface area contributed by atoms with Crippen LogP contribution in [0.4, 0.5) is 0 Å². The van der Waals surface area contributed by atoms with Gasteiger partial charge in [-0.2, -0.15) is 4.36 Å². The number of amides is 2. The van der Waals surface area contributed by atoms with Gasteiger partial charge in [0.25, 0.3) is 5.91 Å². The van der Waals surface area contributed by atoms with E-state index >= 15 is 0 Å². The number of hydrogen-bond donors (Lipinski definition) is 0. The number of carbonyl (C=O) groups is 2. The Bertz CT molecular complexity index is 778. The topological polar surface area (TPSA) is 85.3 Å². The van der Waals surface area contributed by atoms with Gasteiger partial charge in [-0.15, -0.1) is 0 Å². The summed E-state index contributed by atoms with van der Waals surface area (Å²) in [6, 6.07) is 0. The third-order valence-electron chi connectivity index (χ3n) is 7.12. The molecule has 0 radical (unpaired) electrons. The van der Waals surface area contributed by atoms with Crippen LogP contribution in [0.5, 0.6) is 0 Å². The Morgan fingerprint density at radius 1 is 1.13 bits per heavy atom. The van der Waals surface area contributed by atoms with Gasteiger partial charge in [-0.05, 0) is 49.9 Å². The van der Waals surface area contributed by atoms with Crippen LogP contribution in [0.3, 0.4) is 0 Å². The van der Waals surface area contributed by atoms with Crippen LogP contribution in [0.15, 0.2) is 4.36 Å². The Hall–Kier alpha value is -0.990. The molecule has 4 heterocycles. The molecular formula is C22H36N2O5S. The molecule has 5 atom stereocenters. The molecule has 4 rings (SSSR count). The van der Waals surface area contributed by atoms with Gasteiger partial charge in [0.15, 0.2) is 0 Å². The Morgan fingerprint density at radius 2 is 1.97 bits per heavy atom. The first kappa shape index (κ1) is 22.2. The van der Waals surface area contributed by atoms with E-state index in [0.717, 1.165) is 32.1 Å². The quantitative estimate of drug-likeness (QED) is 0.671. The molecule has 4 saturated heterocycles. The van der Waals surface area contributed by atoms with Crippen molar-refractivity contribution in [2.45, 2.75) is 83.5 Å².